The molecular weight excluding hydrogens is 318 g/mol. The number of anilines is 1. The number of rotatable bonds is 7. The van der Waals surface area contributed by atoms with Crippen LogP contribution in [0.3, 0.4) is 0 Å². The Morgan fingerprint density at radius 2 is 2.00 bits per heavy atom. The number of benzene rings is 2. The van der Waals surface area contributed by atoms with Crippen LogP contribution in [0.2, 0.25) is 0 Å². The van der Waals surface area contributed by atoms with Crippen LogP contribution in [-0.4, -0.2) is 21.8 Å². The number of carbonyl (C=O) groups is 1. The molecule has 0 radical (unpaired) electrons. The lowest BCUT2D eigenvalue weighted by Gasteiger charge is -2.09. The first-order valence-electron chi connectivity index (χ1n) is 8.13. The number of carbonyl (C=O) groups excluding carboxylic acids is 1. The van der Waals surface area contributed by atoms with Crippen LogP contribution >= 0.6 is 0 Å². The van der Waals surface area contributed by atoms with Gasteiger partial charge in [-0.05, 0) is 43.0 Å². The van der Waals surface area contributed by atoms with E-state index < -0.39 is 4.92 Å². The van der Waals surface area contributed by atoms with E-state index >= 15 is 0 Å². The van der Waals surface area contributed by atoms with Gasteiger partial charge in [0.05, 0.1) is 4.92 Å². The van der Waals surface area contributed by atoms with Crippen LogP contribution < -0.4 is 5.32 Å². The third kappa shape index (κ3) is 3.68. The molecule has 2 aromatic carbocycles. The van der Waals surface area contributed by atoms with E-state index in [1.807, 2.05) is 12.1 Å². The monoisotopic (exact) mass is 337 g/mol. The minimum atomic E-state index is -0.464. The minimum absolute atomic E-state index is 0.0703. The maximum atomic E-state index is 11.4. The second-order valence-corrected chi connectivity index (χ2v) is 5.89. The summed E-state index contributed by atoms with van der Waals surface area (Å²) in [5, 5.41) is 15.5. The van der Waals surface area contributed by atoms with Gasteiger partial charge in [-0.2, -0.15) is 0 Å². The molecule has 0 amide bonds. The van der Waals surface area contributed by atoms with E-state index in [1.165, 1.54) is 23.9 Å². The molecule has 1 aromatic heterocycles. The highest BCUT2D eigenvalue weighted by Gasteiger charge is 2.15. The van der Waals surface area contributed by atoms with Crippen LogP contribution in [0.4, 0.5) is 11.4 Å². The fourth-order valence-electron chi connectivity index (χ4n) is 2.86. The quantitative estimate of drug-likeness (QED) is 0.302. The van der Waals surface area contributed by atoms with Gasteiger partial charge in [-0.25, -0.2) is 0 Å². The van der Waals surface area contributed by atoms with Crippen LogP contribution in [0.1, 0.15) is 23.7 Å². The SMILES string of the molecule is CC(=O)c1ccc(NCCCn2ccc3ccccc32)c([N+](=O)[O-])c1. The Balaban J connectivity index is 1.64. The summed E-state index contributed by atoms with van der Waals surface area (Å²) in [6.07, 6.45) is 2.87. The lowest BCUT2D eigenvalue weighted by molar-refractivity contribution is -0.384. The summed E-state index contributed by atoms with van der Waals surface area (Å²) in [5.74, 6) is -0.186. The van der Waals surface area contributed by atoms with E-state index in [0.717, 1.165) is 13.0 Å². The zero-order valence-corrected chi connectivity index (χ0v) is 13.9. The lowest BCUT2D eigenvalue weighted by Crippen LogP contribution is -2.08. The second kappa shape index (κ2) is 7.17. The summed E-state index contributed by atoms with van der Waals surface area (Å²) in [6.45, 7) is 2.82. The predicted molar refractivity (Wildman–Crippen MR) is 98.1 cm³/mol. The average Bonchev–Trinajstić information content (AvgIpc) is 3.01. The summed E-state index contributed by atoms with van der Waals surface area (Å²) >= 11 is 0. The molecule has 0 bridgehead atoms. The molecule has 3 rings (SSSR count). The van der Waals surface area contributed by atoms with Crippen molar-refractivity contribution in [3.63, 3.8) is 0 Å². The number of nitrogens with zero attached hydrogens (tertiary/aromatic N) is 2. The molecule has 6 nitrogen and oxygen atoms in total. The number of para-hydroxylation sites is 1. The molecule has 128 valence electrons. The van der Waals surface area contributed by atoms with Gasteiger partial charge in [0.25, 0.3) is 5.69 Å². The maximum absolute atomic E-state index is 11.4. The smallest absolute Gasteiger partial charge is 0.293 e. The van der Waals surface area contributed by atoms with Gasteiger partial charge in [-0.15, -0.1) is 0 Å². The van der Waals surface area contributed by atoms with E-state index in [1.54, 1.807) is 12.1 Å². The number of hydrogen-bond acceptors (Lipinski definition) is 4. The molecular formula is C19H19N3O3. The predicted octanol–water partition coefficient (Wildman–Crippen LogP) is 4.25. The van der Waals surface area contributed by atoms with Crippen molar-refractivity contribution in [2.75, 3.05) is 11.9 Å². The van der Waals surface area contributed by atoms with Crippen molar-refractivity contribution in [1.29, 1.82) is 0 Å². The minimum Gasteiger partial charge on any atom is -0.379 e. The molecule has 0 spiro atoms. The van der Waals surface area contributed by atoms with Crippen molar-refractivity contribution in [3.05, 3.63) is 70.4 Å². The largest absolute Gasteiger partial charge is 0.379 e. The summed E-state index contributed by atoms with van der Waals surface area (Å²) in [4.78, 5) is 22.1. The Bertz CT molecular complexity index is 931. The van der Waals surface area contributed by atoms with Crippen molar-refractivity contribution in [3.8, 4) is 0 Å². The van der Waals surface area contributed by atoms with Gasteiger partial charge in [0.1, 0.15) is 5.69 Å². The van der Waals surface area contributed by atoms with Gasteiger partial charge < -0.3 is 9.88 Å². The van der Waals surface area contributed by atoms with E-state index in [0.29, 0.717) is 17.8 Å². The first-order valence-corrected chi connectivity index (χ1v) is 8.13. The summed E-state index contributed by atoms with van der Waals surface area (Å²) < 4.78 is 2.17. The number of Topliss-reactive ketones (excluding diaryl/α,β-unsaturated/α-hetero) is 1. The molecule has 0 aliphatic rings. The molecule has 0 saturated heterocycles. The number of nitrogens with one attached hydrogen (secondary N) is 1. The van der Waals surface area contributed by atoms with Crippen molar-refractivity contribution < 1.29 is 9.72 Å². The molecule has 1 heterocycles. The van der Waals surface area contributed by atoms with Crippen LogP contribution in [0, 0.1) is 10.1 Å². The van der Waals surface area contributed by atoms with Crippen molar-refractivity contribution in [2.24, 2.45) is 0 Å². The maximum Gasteiger partial charge on any atom is 0.293 e. The molecule has 0 unspecified atom stereocenters. The normalized spacial score (nSPS) is 10.8. The lowest BCUT2D eigenvalue weighted by atomic mass is 10.1. The highest BCUT2D eigenvalue weighted by atomic mass is 16.6. The number of aryl methyl sites for hydroxylation is 1. The Morgan fingerprint density at radius 1 is 1.20 bits per heavy atom. The molecule has 0 atom stereocenters. The Hall–Kier alpha value is -3.15. The molecule has 1 N–H and O–H groups in total. The van der Waals surface area contributed by atoms with Crippen LogP contribution in [0.25, 0.3) is 10.9 Å². The van der Waals surface area contributed by atoms with Gasteiger partial charge in [-0.3, -0.25) is 14.9 Å². The zero-order valence-electron chi connectivity index (χ0n) is 13.9. The fraction of sp³-hybridized carbons (Fsp3) is 0.211. The van der Waals surface area contributed by atoms with E-state index in [-0.39, 0.29) is 11.5 Å². The van der Waals surface area contributed by atoms with Gasteiger partial charge in [-0.1, -0.05) is 18.2 Å². The molecule has 0 fully saturated rings. The van der Waals surface area contributed by atoms with Crippen LogP contribution in [-0.2, 0) is 6.54 Å². The molecule has 0 aliphatic heterocycles. The van der Waals surface area contributed by atoms with Gasteiger partial charge in [0.15, 0.2) is 5.78 Å². The molecule has 3 aromatic rings. The Labute approximate surface area is 145 Å². The zero-order chi connectivity index (χ0) is 17.8. The van der Waals surface area contributed by atoms with E-state index in [9.17, 15) is 14.9 Å². The molecule has 0 saturated carbocycles. The van der Waals surface area contributed by atoms with Crippen molar-refractivity contribution in [1.82, 2.24) is 4.57 Å². The number of ketones is 1. The topological polar surface area (TPSA) is 77.2 Å². The highest BCUT2D eigenvalue weighted by Crippen LogP contribution is 2.26. The van der Waals surface area contributed by atoms with Crippen molar-refractivity contribution >= 4 is 28.1 Å². The molecule has 25 heavy (non-hydrogen) atoms. The number of hydrogen-bond donors (Lipinski definition) is 1. The first-order chi connectivity index (χ1) is 12.1. The van der Waals surface area contributed by atoms with Gasteiger partial charge in [0.2, 0.25) is 0 Å². The Morgan fingerprint density at radius 3 is 2.76 bits per heavy atom. The van der Waals surface area contributed by atoms with E-state index in [2.05, 4.69) is 34.3 Å². The van der Waals surface area contributed by atoms with Crippen LogP contribution in [0.15, 0.2) is 54.7 Å². The molecule has 6 heteroatoms. The standard InChI is InChI=1S/C19H19N3O3/c1-14(23)16-7-8-17(19(13-16)22(24)25)20-10-4-11-21-12-9-15-5-2-3-6-18(15)21/h2-3,5-9,12-13,20H,4,10-11H2,1H3. The molecule has 0 aliphatic carbocycles. The third-order valence-electron chi connectivity index (χ3n) is 4.17. The number of nitro benzene ring substituents is 1. The van der Waals surface area contributed by atoms with Gasteiger partial charge >= 0.3 is 0 Å². The highest BCUT2D eigenvalue weighted by molar-refractivity contribution is 5.95. The van der Waals surface area contributed by atoms with Crippen LogP contribution in [0.5, 0.6) is 0 Å². The Kier molecular flexibility index (Phi) is 4.79. The summed E-state index contributed by atoms with van der Waals surface area (Å²) in [7, 11) is 0. The third-order valence-corrected chi connectivity index (χ3v) is 4.17. The summed E-state index contributed by atoms with van der Waals surface area (Å²) in [6, 6.07) is 14.8. The van der Waals surface area contributed by atoms with Gasteiger partial charge in [0, 0.05) is 36.4 Å². The number of fused-ring (bicyclic) bond motifs is 1. The number of aromatic nitrogens is 1. The van der Waals surface area contributed by atoms with Crippen molar-refractivity contribution in [2.45, 2.75) is 19.9 Å². The second-order valence-electron chi connectivity index (χ2n) is 5.89. The van der Waals surface area contributed by atoms with E-state index in [4.69, 9.17) is 0 Å². The fourth-order valence-corrected chi connectivity index (χ4v) is 2.86. The first kappa shape index (κ1) is 16.7. The summed E-state index contributed by atoms with van der Waals surface area (Å²) in [5.41, 5.74) is 1.89. The average molecular weight is 337 g/mol. The number of nitro groups is 1.